The molecule has 27 heavy (non-hydrogen) atoms. The Balaban J connectivity index is 1.74. The average molecular weight is 362 g/mol. The van der Waals surface area contributed by atoms with E-state index in [2.05, 4.69) is 11.0 Å². The number of likely N-dealkylation sites (N-methyl/N-ethyl adjacent to an activating group) is 1. The average Bonchev–Trinajstić information content (AvgIpc) is 2.66. The number of rotatable bonds is 3. The second kappa shape index (κ2) is 6.59. The summed E-state index contributed by atoms with van der Waals surface area (Å²) in [7, 11) is 7.93. The van der Waals surface area contributed by atoms with Gasteiger partial charge in [0.15, 0.2) is 0 Å². The highest BCUT2D eigenvalue weighted by atomic mass is 16.5. The molecule has 1 aliphatic carbocycles. The topological polar surface area (TPSA) is 45.9 Å². The van der Waals surface area contributed by atoms with Gasteiger partial charge in [-0.1, -0.05) is 12.2 Å². The molecule has 1 atom stereocenters. The van der Waals surface area contributed by atoms with Crippen LogP contribution in [0.4, 0.5) is 5.69 Å². The van der Waals surface area contributed by atoms with E-state index in [1.54, 1.807) is 0 Å². The number of anilines is 1. The zero-order valence-electron chi connectivity index (χ0n) is 15.9. The molecule has 0 fully saturated rings. The van der Waals surface area contributed by atoms with E-state index in [9.17, 15) is 4.79 Å². The standard InChI is InChI=1S/C22H22N2O3/c1-23(2)16-8-5-14-7-10-19(26-20(14)12-16)18-11-15-6-9-17(24(3)4)13-21(15)27-22(18)25/h5-13,16H,1-4H3. The Kier molecular flexibility index (Phi) is 4.24. The number of allylic oxidation sites excluding steroid dienone is 3. The van der Waals surface area contributed by atoms with E-state index in [4.69, 9.17) is 9.15 Å². The molecule has 2 aromatic rings. The molecule has 5 nitrogen and oxygen atoms in total. The fraction of sp³-hybridized carbons (Fsp3) is 0.227. The smallest absolute Gasteiger partial charge is 0.347 e. The fourth-order valence-corrected chi connectivity index (χ4v) is 3.16. The molecule has 1 unspecified atom stereocenters. The fourth-order valence-electron chi connectivity index (χ4n) is 3.16. The van der Waals surface area contributed by atoms with E-state index in [0.29, 0.717) is 16.9 Å². The summed E-state index contributed by atoms with van der Waals surface area (Å²) < 4.78 is 11.6. The maximum absolute atomic E-state index is 12.6. The van der Waals surface area contributed by atoms with Gasteiger partial charge in [0, 0.05) is 42.9 Å². The molecule has 1 aliphatic heterocycles. The summed E-state index contributed by atoms with van der Waals surface area (Å²) in [6, 6.07) is 7.80. The van der Waals surface area contributed by atoms with E-state index < -0.39 is 5.63 Å². The van der Waals surface area contributed by atoms with Gasteiger partial charge in [-0.25, -0.2) is 4.79 Å². The van der Waals surface area contributed by atoms with Crippen LogP contribution in [0.3, 0.4) is 0 Å². The molecule has 0 radical (unpaired) electrons. The second-order valence-corrected chi connectivity index (χ2v) is 7.16. The zero-order valence-corrected chi connectivity index (χ0v) is 15.9. The third-order valence-corrected chi connectivity index (χ3v) is 4.81. The molecule has 1 aromatic heterocycles. The van der Waals surface area contributed by atoms with Gasteiger partial charge in [0.05, 0.1) is 0 Å². The number of benzene rings is 1. The molecule has 4 rings (SSSR count). The van der Waals surface area contributed by atoms with E-state index in [1.165, 1.54) is 0 Å². The van der Waals surface area contributed by atoms with Crippen LogP contribution in [-0.2, 0) is 4.74 Å². The van der Waals surface area contributed by atoms with Crippen LogP contribution < -0.4 is 10.5 Å². The van der Waals surface area contributed by atoms with Crippen molar-refractivity contribution in [1.29, 1.82) is 0 Å². The van der Waals surface area contributed by atoms with E-state index in [-0.39, 0.29) is 6.04 Å². The van der Waals surface area contributed by atoms with Crippen molar-refractivity contribution >= 4 is 22.4 Å². The highest BCUT2D eigenvalue weighted by molar-refractivity contribution is 5.83. The number of nitrogens with zero attached hydrogens (tertiary/aromatic N) is 2. The summed E-state index contributed by atoms with van der Waals surface area (Å²) in [5.74, 6) is 1.27. The van der Waals surface area contributed by atoms with Crippen LogP contribution in [-0.4, -0.2) is 39.1 Å². The summed E-state index contributed by atoms with van der Waals surface area (Å²) in [6.45, 7) is 0. The van der Waals surface area contributed by atoms with Gasteiger partial charge in [0.25, 0.3) is 0 Å². The highest BCUT2D eigenvalue weighted by Gasteiger charge is 2.22. The zero-order chi connectivity index (χ0) is 19.1. The van der Waals surface area contributed by atoms with Gasteiger partial charge < -0.3 is 14.1 Å². The van der Waals surface area contributed by atoms with E-state index in [0.717, 1.165) is 22.4 Å². The summed E-state index contributed by atoms with van der Waals surface area (Å²) in [4.78, 5) is 16.6. The lowest BCUT2D eigenvalue weighted by molar-refractivity contribution is 0.351. The number of hydrogen-bond acceptors (Lipinski definition) is 5. The van der Waals surface area contributed by atoms with Gasteiger partial charge >= 0.3 is 5.63 Å². The first-order chi connectivity index (χ1) is 12.9. The third-order valence-electron chi connectivity index (χ3n) is 4.81. The number of hydrogen-bond donors (Lipinski definition) is 0. The van der Waals surface area contributed by atoms with Crippen molar-refractivity contribution in [2.75, 3.05) is 33.1 Å². The van der Waals surface area contributed by atoms with Crippen LogP contribution in [0.15, 0.2) is 75.2 Å². The first-order valence-electron chi connectivity index (χ1n) is 8.84. The third kappa shape index (κ3) is 3.22. The van der Waals surface area contributed by atoms with Crippen molar-refractivity contribution in [3.05, 3.63) is 82.0 Å². The molecular formula is C22H22N2O3. The quantitative estimate of drug-likeness (QED) is 0.782. The molecule has 138 valence electrons. The molecular weight excluding hydrogens is 340 g/mol. The second-order valence-electron chi connectivity index (χ2n) is 7.16. The highest BCUT2D eigenvalue weighted by Crippen LogP contribution is 2.32. The Hall–Kier alpha value is -3.05. The van der Waals surface area contributed by atoms with Gasteiger partial charge in [-0.05, 0) is 50.5 Å². The van der Waals surface area contributed by atoms with Gasteiger partial charge in [0.2, 0.25) is 0 Å². The first kappa shape index (κ1) is 17.4. The minimum atomic E-state index is -0.405. The molecule has 0 spiro atoms. The van der Waals surface area contributed by atoms with E-state index >= 15 is 0 Å². The molecule has 2 heterocycles. The van der Waals surface area contributed by atoms with Crippen molar-refractivity contribution in [2.24, 2.45) is 0 Å². The predicted molar refractivity (Wildman–Crippen MR) is 109 cm³/mol. The lowest BCUT2D eigenvalue weighted by atomic mass is 10.0. The van der Waals surface area contributed by atoms with Crippen LogP contribution >= 0.6 is 0 Å². The Morgan fingerprint density at radius 2 is 1.81 bits per heavy atom. The lowest BCUT2D eigenvalue weighted by Gasteiger charge is -2.25. The Morgan fingerprint density at radius 1 is 1.00 bits per heavy atom. The molecule has 0 saturated heterocycles. The monoisotopic (exact) mass is 362 g/mol. The Morgan fingerprint density at radius 3 is 2.56 bits per heavy atom. The molecule has 0 N–H and O–H groups in total. The van der Waals surface area contributed by atoms with Crippen LogP contribution in [0.5, 0.6) is 0 Å². The molecule has 0 bridgehead atoms. The van der Waals surface area contributed by atoms with Crippen molar-refractivity contribution in [3.63, 3.8) is 0 Å². The van der Waals surface area contributed by atoms with Crippen molar-refractivity contribution in [3.8, 4) is 0 Å². The molecule has 0 saturated carbocycles. The largest absolute Gasteiger partial charge is 0.456 e. The van der Waals surface area contributed by atoms with Crippen molar-refractivity contribution < 1.29 is 9.15 Å². The minimum absolute atomic E-state index is 0.161. The maximum Gasteiger partial charge on any atom is 0.347 e. The van der Waals surface area contributed by atoms with Gasteiger partial charge in [-0.2, -0.15) is 0 Å². The Labute approximate surface area is 158 Å². The predicted octanol–water partition coefficient (Wildman–Crippen LogP) is 3.54. The molecule has 2 aliphatic rings. The maximum atomic E-state index is 12.6. The molecule has 0 amide bonds. The van der Waals surface area contributed by atoms with Gasteiger partial charge in [0.1, 0.15) is 22.7 Å². The van der Waals surface area contributed by atoms with Gasteiger partial charge in [-0.3, -0.25) is 4.90 Å². The normalized spacial score (nSPS) is 18.6. The summed E-state index contributed by atoms with van der Waals surface area (Å²) in [5, 5.41) is 0.859. The number of ether oxygens (including phenoxy) is 1. The molecule has 5 heteroatoms. The summed E-state index contributed by atoms with van der Waals surface area (Å²) in [6.07, 6.45) is 9.99. The van der Waals surface area contributed by atoms with Gasteiger partial charge in [-0.15, -0.1) is 0 Å². The Bertz CT molecular complexity index is 1080. The van der Waals surface area contributed by atoms with E-state index in [1.807, 2.05) is 81.7 Å². The van der Waals surface area contributed by atoms with Crippen LogP contribution in [0.2, 0.25) is 0 Å². The van der Waals surface area contributed by atoms with Crippen LogP contribution in [0.1, 0.15) is 5.56 Å². The number of fused-ring (bicyclic) bond motifs is 2. The summed E-state index contributed by atoms with van der Waals surface area (Å²) >= 11 is 0. The van der Waals surface area contributed by atoms with Crippen molar-refractivity contribution in [2.45, 2.75) is 6.04 Å². The van der Waals surface area contributed by atoms with Crippen LogP contribution in [0.25, 0.3) is 16.7 Å². The minimum Gasteiger partial charge on any atom is -0.456 e. The van der Waals surface area contributed by atoms with Crippen molar-refractivity contribution in [1.82, 2.24) is 4.90 Å². The first-order valence-corrected chi connectivity index (χ1v) is 8.84. The summed E-state index contributed by atoms with van der Waals surface area (Å²) in [5.41, 5.74) is 2.56. The SMILES string of the molecule is CN(C)c1ccc2cc(C3=CC=C4C=CC(N(C)C)C=C4O3)c(=O)oc2c1. The molecule has 1 aromatic carbocycles. The van der Waals surface area contributed by atoms with Crippen LogP contribution in [0, 0.1) is 0 Å². The lowest BCUT2D eigenvalue weighted by Crippen LogP contribution is -2.26.